The highest BCUT2D eigenvalue weighted by Crippen LogP contribution is 2.21. The van der Waals surface area contributed by atoms with E-state index in [1.165, 1.54) is 18.4 Å². The van der Waals surface area contributed by atoms with Crippen molar-refractivity contribution in [3.8, 4) is 0 Å². The topological polar surface area (TPSA) is 64.7 Å². The van der Waals surface area contributed by atoms with Gasteiger partial charge in [-0.3, -0.25) is 0 Å². The van der Waals surface area contributed by atoms with E-state index in [2.05, 4.69) is 29.3 Å². The van der Waals surface area contributed by atoms with E-state index in [9.17, 15) is 0 Å². The third-order valence-electron chi connectivity index (χ3n) is 3.90. The number of nitrogen functional groups attached to an aromatic ring is 1. The quantitative estimate of drug-likeness (QED) is 0.869. The molecule has 0 fully saturated rings. The summed E-state index contributed by atoms with van der Waals surface area (Å²) in [6.45, 7) is 2.16. The Hall–Kier alpha value is -1.97. The lowest BCUT2D eigenvalue weighted by molar-refractivity contribution is 0.594. The molecule has 0 bridgehead atoms. The van der Waals surface area contributed by atoms with Gasteiger partial charge in [-0.15, -0.1) is 5.10 Å². The van der Waals surface area contributed by atoms with Crippen molar-refractivity contribution in [2.45, 2.75) is 44.9 Å². The Labute approximate surface area is 119 Å². The lowest BCUT2D eigenvalue weighted by Crippen LogP contribution is -2.14. The highest BCUT2D eigenvalue weighted by molar-refractivity contribution is 5.39. The molecule has 0 radical (unpaired) electrons. The first-order chi connectivity index (χ1) is 9.72. The van der Waals surface area contributed by atoms with Gasteiger partial charge in [0.05, 0.1) is 11.4 Å². The maximum absolute atomic E-state index is 5.71. The van der Waals surface area contributed by atoms with Gasteiger partial charge in [-0.05, 0) is 49.8 Å². The number of fused-ring (bicyclic) bond motifs is 1. The predicted octanol–water partition coefficient (Wildman–Crippen LogP) is 2.68. The number of rotatable bonds is 3. The molecule has 0 amide bonds. The second-order valence-corrected chi connectivity index (χ2v) is 5.62. The maximum Gasteiger partial charge on any atom is 0.154 e. The molecule has 1 aromatic carbocycles. The first-order valence-corrected chi connectivity index (χ1v) is 7.29. The minimum atomic E-state index is 0.276. The van der Waals surface area contributed by atoms with Gasteiger partial charge in [0.2, 0.25) is 0 Å². The van der Waals surface area contributed by atoms with Gasteiger partial charge in [-0.1, -0.05) is 19.1 Å². The van der Waals surface area contributed by atoms with Gasteiger partial charge in [-0.25, -0.2) is 4.98 Å². The zero-order valence-corrected chi connectivity index (χ0v) is 11.8. The first kappa shape index (κ1) is 13.0. The van der Waals surface area contributed by atoms with E-state index in [1.807, 2.05) is 12.1 Å². The van der Waals surface area contributed by atoms with Crippen LogP contribution in [0.15, 0.2) is 24.3 Å². The van der Waals surface area contributed by atoms with Crippen LogP contribution in [0, 0.1) is 0 Å². The Balaban J connectivity index is 1.76. The molecule has 1 atom stereocenters. The molecule has 1 aliphatic carbocycles. The maximum atomic E-state index is 5.71. The van der Waals surface area contributed by atoms with Crippen LogP contribution >= 0.6 is 0 Å². The van der Waals surface area contributed by atoms with Gasteiger partial charge >= 0.3 is 0 Å². The van der Waals surface area contributed by atoms with E-state index < -0.39 is 0 Å². The van der Waals surface area contributed by atoms with Crippen LogP contribution in [0.3, 0.4) is 0 Å². The van der Waals surface area contributed by atoms with Gasteiger partial charge in [0.25, 0.3) is 0 Å². The number of nitrogens with zero attached hydrogens (tertiary/aromatic N) is 3. The summed E-state index contributed by atoms with van der Waals surface area (Å²) in [4.78, 5) is 4.73. The number of benzene rings is 1. The van der Waals surface area contributed by atoms with E-state index in [0.717, 1.165) is 42.2 Å². The Kier molecular flexibility index (Phi) is 3.63. The highest BCUT2D eigenvalue weighted by atomic mass is 15.2. The molecule has 104 valence electrons. The summed E-state index contributed by atoms with van der Waals surface area (Å²) in [5, 5.41) is 8.68. The van der Waals surface area contributed by atoms with E-state index in [0.29, 0.717) is 0 Å². The zero-order valence-electron chi connectivity index (χ0n) is 11.8. The average molecular weight is 268 g/mol. The van der Waals surface area contributed by atoms with Crippen LogP contribution in [-0.2, 0) is 19.3 Å². The normalized spacial score (nSPS) is 15.7. The third kappa shape index (κ3) is 2.79. The molecule has 1 aliphatic rings. The number of aromatic nitrogens is 3. The second-order valence-electron chi connectivity index (χ2n) is 5.62. The summed E-state index contributed by atoms with van der Waals surface area (Å²) in [7, 11) is 0. The number of hydrogen-bond acceptors (Lipinski definition) is 4. The summed E-state index contributed by atoms with van der Waals surface area (Å²) in [6, 6.07) is 8.01. The minimum Gasteiger partial charge on any atom is -0.399 e. The van der Waals surface area contributed by atoms with Crippen LogP contribution in [0.4, 0.5) is 5.69 Å². The fourth-order valence-electron chi connectivity index (χ4n) is 2.68. The molecule has 1 heterocycles. The number of nitrogens with two attached hydrogens (primary N) is 1. The SMILES string of the molecule is CC(Cc1ccc(N)cc1)c1nnc2c(n1)CCCC2. The molecule has 0 aliphatic heterocycles. The Bertz CT molecular complexity index is 592. The van der Waals surface area contributed by atoms with E-state index in [1.54, 1.807) is 0 Å². The van der Waals surface area contributed by atoms with Crippen molar-refractivity contribution in [1.29, 1.82) is 0 Å². The molecule has 4 nitrogen and oxygen atoms in total. The van der Waals surface area contributed by atoms with Crippen LogP contribution in [0.5, 0.6) is 0 Å². The van der Waals surface area contributed by atoms with E-state index in [4.69, 9.17) is 10.7 Å². The predicted molar refractivity (Wildman–Crippen MR) is 79.4 cm³/mol. The van der Waals surface area contributed by atoms with Crippen molar-refractivity contribution in [2.75, 3.05) is 5.73 Å². The minimum absolute atomic E-state index is 0.276. The van der Waals surface area contributed by atoms with Crippen LogP contribution in [0.1, 0.15) is 48.5 Å². The van der Waals surface area contributed by atoms with Crippen molar-refractivity contribution in [1.82, 2.24) is 15.2 Å². The Morgan fingerprint density at radius 3 is 2.50 bits per heavy atom. The molecular formula is C16H20N4. The summed E-state index contributed by atoms with van der Waals surface area (Å²) in [5.74, 6) is 1.14. The lowest BCUT2D eigenvalue weighted by Gasteiger charge is -2.16. The molecule has 2 aromatic rings. The fraction of sp³-hybridized carbons (Fsp3) is 0.438. The van der Waals surface area contributed by atoms with Gasteiger partial charge in [0, 0.05) is 11.6 Å². The second kappa shape index (κ2) is 5.57. The largest absolute Gasteiger partial charge is 0.399 e. The number of aryl methyl sites for hydroxylation is 2. The summed E-state index contributed by atoms with van der Waals surface area (Å²) in [6.07, 6.45) is 5.43. The van der Waals surface area contributed by atoms with Crippen molar-refractivity contribution < 1.29 is 0 Å². The molecule has 1 unspecified atom stereocenters. The molecule has 0 saturated carbocycles. The molecule has 2 N–H and O–H groups in total. The first-order valence-electron chi connectivity index (χ1n) is 7.29. The van der Waals surface area contributed by atoms with Crippen molar-refractivity contribution in [2.24, 2.45) is 0 Å². The molecule has 1 aromatic heterocycles. The molecule has 20 heavy (non-hydrogen) atoms. The molecule has 0 saturated heterocycles. The molecular weight excluding hydrogens is 248 g/mol. The van der Waals surface area contributed by atoms with Crippen LogP contribution in [-0.4, -0.2) is 15.2 Å². The standard InChI is InChI=1S/C16H20N4/c1-11(10-12-6-8-13(17)9-7-12)16-18-14-4-2-3-5-15(14)19-20-16/h6-9,11H,2-5,10,17H2,1H3. The van der Waals surface area contributed by atoms with Crippen molar-refractivity contribution >= 4 is 5.69 Å². The van der Waals surface area contributed by atoms with E-state index in [-0.39, 0.29) is 5.92 Å². The Morgan fingerprint density at radius 2 is 1.75 bits per heavy atom. The number of hydrogen-bond donors (Lipinski definition) is 1. The van der Waals surface area contributed by atoms with Gasteiger partial charge < -0.3 is 5.73 Å². The van der Waals surface area contributed by atoms with Crippen LogP contribution < -0.4 is 5.73 Å². The van der Waals surface area contributed by atoms with Crippen LogP contribution in [0.25, 0.3) is 0 Å². The smallest absolute Gasteiger partial charge is 0.154 e. The summed E-state index contributed by atoms with van der Waals surface area (Å²) < 4.78 is 0. The summed E-state index contributed by atoms with van der Waals surface area (Å²) in [5.41, 5.74) is 10.0. The molecule has 0 spiro atoms. The summed E-state index contributed by atoms with van der Waals surface area (Å²) >= 11 is 0. The number of anilines is 1. The van der Waals surface area contributed by atoms with Gasteiger partial charge in [-0.2, -0.15) is 5.10 Å². The fourth-order valence-corrected chi connectivity index (χ4v) is 2.68. The van der Waals surface area contributed by atoms with Crippen molar-refractivity contribution in [3.63, 3.8) is 0 Å². The van der Waals surface area contributed by atoms with Gasteiger partial charge in [0.1, 0.15) is 0 Å². The third-order valence-corrected chi connectivity index (χ3v) is 3.90. The van der Waals surface area contributed by atoms with Crippen molar-refractivity contribution in [3.05, 3.63) is 47.0 Å². The van der Waals surface area contributed by atoms with E-state index >= 15 is 0 Å². The Morgan fingerprint density at radius 1 is 1.05 bits per heavy atom. The molecule has 4 heteroatoms. The average Bonchev–Trinajstić information content (AvgIpc) is 2.49. The highest BCUT2D eigenvalue weighted by Gasteiger charge is 2.17. The lowest BCUT2D eigenvalue weighted by atomic mass is 9.98. The van der Waals surface area contributed by atoms with Gasteiger partial charge in [0.15, 0.2) is 5.82 Å². The zero-order chi connectivity index (χ0) is 13.9. The molecule has 3 rings (SSSR count). The monoisotopic (exact) mass is 268 g/mol. The van der Waals surface area contributed by atoms with Crippen LogP contribution in [0.2, 0.25) is 0 Å².